The second kappa shape index (κ2) is 6.77. The molecule has 0 radical (unpaired) electrons. The number of halogens is 2. The molecule has 0 aliphatic carbocycles. The summed E-state index contributed by atoms with van der Waals surface area (Å²) in [4.78, 5) is 3.51. The molecule has 0 saturated carbocycles. The molecule has 3 aromatic rings. The third-order valence-corrected chi connectivity index (χ3v) is 5.47. The average molecular weight is 381 g/mol. The zero-order valence-corrected chi connectivity index (χ0v) is 14.6. The number of hydrogen-bond donors (Lipinski definition) is 2. The van der Waals surface area contributed by atoms with Gasteiger partial charge in [0, 0.05) is 11.1 Å². The molecule has 9 heteroatoms. The number of nitrogens with one attached hydrogen (secondary N) is 2. The van der Waals surface area contributed by atoms with E-state index in [1.54, 1.807) is 12.1 Å². The van der Waals surface area contributed by atoms with Crippen molar-refractivity contribution in [2.24, 2.45) is 0 Å². The SMILES string of the molecule is Cc1csc(Nc2cccc(NS(=O)(=O)c3cccc(F)c3F)c2)n1. The van der Waals surface area contributed by atoms with E-state index in [0.717, 1.165) is 23.9 Å². The summed E-state index contributed by atoms with van der Waals surface area (Å²) >= 11 is 1.41. The quantitative estimate of drug-likeness (QED) is 0.692. The zero-order valence-electron chi connectivity index (χ0n) is 13.0. The predicted molar refractivity (Wildman–Crippen MR) is 93.7 cm³/mol. The maximum absolute atomic E-state index is 13.8. The molecule has 0 spiro atoms. The molecule has 0 atom stereocenters. The van der Waals surface area contributed by atoms with Crippen LogP contribution in [0.4, 0.5) is 25.3 Å². The second-order valence-electron chi connectivity index (χ2n) is 5.16. The maximum Gasteiger partial charge on any atom is 0.264 e. The number of benzene rings is 2. The highest BCUT2D eigenvalue weighted by Crippen LogP contribution is 2.25. The van der Waals surface area contributed by atoms with Gasteiger partial charge in [0.2, 0.25) is 0 Å². The van der Waals surface area contributed by atoms with E-state index in [9.17, 15) is 17.2 Å². The predicted octanol–water partition coefficient (Wildman–Crippen LogP) is 4.27. The average Bonchev–Trinajstić information content (AvgIpc) is 2.94. The van der Waals surface area contributed by atoms with Crippen molar-refractivity contribution in [3.05, 3.63) is 65.2 Å². The van der Waals surface area contributed by atoms with Gasteiger partial charge in [0.1, 0.15) is 4.90 Å². The van der Waals surface area contributed by atoms with E-state index in [1.807, 2.05) is 12.3 Å². The molecule has 1 aromatic heterocycles. The molecule has 3 rings (SSSR count). The lowest BCUT2D eigenvalue weighted by atomic mass is 10.3. The van der Waals surface area contributed by atoms with E-state index in [-0.39, 0.29) is 5.69 Å². The van der Waals surface area contributed by atoms with Crippen molar-refractivity contribution in [1.82, 2.24) is 4.98 Å². The first-order valence-corrected chi connectivity index (χ1v) is 9.47. The van der Waals surface area contributed by atoms with Gasteiger partial charge in [0.05, 0.1) is 11.4 Å². The molecule has 0 aliphatic rings. The third kappa shape index (κ3) is 3.94. The first-order chi connectivity index (χ1) is 11.8. The van der Waals surface area contributed by atoms with Crippen LogP contribution in [-0.4, -0.2) is 13.4 Å². The van der Waals surface area contributed by atoms with Gasteiger partial charge < -0.3 is 5.32 Å². The molecular formula is C16H13F2N3O2S2. The molecule has 130 valence electrons. The first-order valence-electron chi connectivity index (χ1n) is 7.11. The molecule has 0 saturated heterocycles. The Morgan fingerprint density at radius 1 is 1.08 bits per heavy atom. The molecule has 0 bridgehead atoms. The van der Waals surface area contributed by atoms with Crippen molar-refractivity contribution < 1.29 is 17.2 Å². The zero-order chi connectivity index (χ0) is 18.0. The van der Waals surface area contributed by atoms with Crippen LogP contribution in [0.15, 0.2) is 52.7 Å². The van der Waals surface area contributed by atoms with Gasteiger partial charge in [0.15, 0.2) is 16.8 Å². The Labute approximate surface area is 147 Å². The molecule has 1 heterocycles. The Morgan fingerprint density at radius 3 is 2.52 bits per heavy atom. The molecular weight excluding hydrogens is 368 g/mol. The van der Waals surface area contributed by atoms with Crippen molar-refractivity contribution >= 4 is 37.9 Å². The number of nitrogens with zero attached hydrogens (tertiary/aromatic N) is 1. The van der Waals surface area contributed by atoms with Crippen molar-refractivity contribution in [3.8, 4) is 0 Å². The summed E-state index contributed by atoms with van der Waals surface area (Å²) in [6.45, 7) is 1.86. The largest absolute Gasteiger partial charge is 0.331 e. The van der Waals surface area contributed by atoms with Crippen LogP contribution in [0.1, 0.15) is 5.69 Å². The Morgan fingerprint density at radius 2 is 1.80 bits per heavy atom. The van der Waals surface area contributed by atoms with Crippen molar-refractivity contribution in [1.29, 1.82) is 0 Å². The maximum atomic E-state index is 13.8. The van der Waals surface area contributed by atoms with Crippen LogP contribution in [0.25, 0.3) is 0 Å². The summed E-state index contributed by atoms with van der Waals surface area (Å²) in [5.74, 6) is -2.64. The number of sulfonamides is 1. The summed E-state index contributed by atoms with van der Waals surface area (Å²) in [6.07, 6.45) is 0. The highest BCUT2D eigenvalue weighted by atomic mass is 32.2. The summed E-state index contributed by atoms with van der Waals surface area (Å²) in [5.41, 5.74) is 1.68. The van der Waals surface area contributed by atoms with Gasteiger partial charge in [-0.05, 0) is 37.3 Å². The Balaban J connectivity index is 1.85. The fraction of sp³-hybridized carbons (Fsp3) is 0.0625. The van der Waals surface area contributed by atoms with Crippen LogP contribution in [0.2, 0.25) is 0 Å². The lowest BCUT2D eigenvalue weighted by Gasteiger charge is -2.10. The summed E-state index contributed by atoms with van der Waals surface area (Å²) in [7, 11) is -4.26. The van der Waals surface area contributed by atoms with Gasteiger partial charge in [-0.1, -0.05) is 12.1 Å². The fourth-order valence-electron chi connectivity index (χ4n) is 2.10. The second-order valence-corrected chi connectivity index (χ2v) is 7.67. The summed E-state index contributed by atoms with van der Waals surface area (Å²) in [5, 5.41) is 5.59. The van der Waals surface area contributed by atoms with Gasteiger partial charge in [-0.15, -0.1) is 11.3 Å². The summed E-state index contributed by atoms with van der Waals surface area (Å²) < 4.78 is 53.9. The van der Waals surface area contributed by atoms with Crippen LogP contribution >= 0.6 is 11.3 Å². The molecule has 25 heavy (non-hydrogen) atoms. The van der Waals surface area contributed by atoms with Crippen LogP contribution in [0.5, 0.6) is 0 Å². The molecule has 5 nitrogen and oxygen atoms in total. The van der Waals surface area contributed by atoms with Gasteiger partial charge in [-0.25, -0.2) is 22.2 Å². The first kappa shape index (κ1) is 17.3. The van der Waals surface area contributed by atoms with Crippen molar-refractivity contribution in [2.75, 3.05) is 10.0 Å². The monoisotopic (exact) mass is 381 g/mol. The lowest BCUT2D eigenvalue weighted by Crippen LogP contribution is -2.15. The number of anilines is 3. The van der Waals surface area contributed by atoms with Crippen LogP contribution < -0.4 is 10.0 Å². The van der Waals surface area contributed by atoms with E-state index in [1.165, 1.54) is 23.5 Å². The molecule has 0 unspecified atom stereocenters. The number of aryl methyl sites for hydroxylation is 1. The summed E-state index contributed by atoms with van der Waals surface area (Å²) in [6, 6.07) is 9.39. The van der Waals surface area contributed by atoms with Crippen molar-refractivity contribution in [3.63, 3.8) is 0 Å². The fourth-order valence-corrected chi connectivity index (χ4v) is 3.94. The minimum Gasteiger partial charge on any atom is -0.331 e. The normalized spacial score (nSPS) is 11.3. The van der Waals surface area contributed by atoms with Gasteiger partial charge in [-0.3, -0.25) is 4.72 Å². The molecule has 0 aliphatic heterocycles. The van der Waals surface area contributed by atoms with Gasteiger partial charge in [0.25, 0.3) is 10.0 Å². The van der Waals surface area contributed by atoms with E-state index < -0.39 is 26.6 Å². The highest BCUT2D eigenvalue weighted by Gasteiger charge is 2.21. The molecule has 2 aromatic carbocycles. The number of hydrogen-bond acceptors (Lipinski definition) is 5. The minimum absolute atomic E-state index is 0.210. The Kier molecular flexibility index (Phi) is 4.69. The number of thiazole rings is 1. The van der Waals surface area contributed by atoms with E-state index in [4.69, 9.17) is 0 Å². The Hall–Kier alpha value is -2.52. The molecule has 0 fully saturated rings. The van der Waals surface area contributed by atoms with Gasteiger partial charge in [-0.2, -0.15) is 0 Å². The van der Waals surface area contributed by atoms with Crippen LogP contribution in [0, 0.1) is 18.6 Å². The number of aromatic nitrogens is 1. The molecule has 2 N–H and O–H groups in total. The molecule has 0 amide bonds. The standard InChI is InChI=1S/C16H13F2N3O2S2/c1-10-9-24-16(19-10)20-11-4-2-5-12(8-11)21-25(22,23)14-7-3-6-13(17)15(14)18/h2-9,21H,1H3,(H,19,20). The lowest BCUT2D eigenvalue weighted by molar-refractivity contribution is 0.485. The number of rotatable bonds is 5. The van der Waals surface area contributed by atoms with Crippen LogP contribution in [-0.2, 0) is 10.0 Å². The smallest absolute Gasteiger partial charge is 0.264 e. The van der Waals surface area contributed by atoms with E-state index >= 15 is 0 Å². The van der Waals surface area contributed by atoms with Crippen molar-refractivity contribution in [2.45, 2.75) is 11.8 Å². The van der Waals surface area contributed by atoms with Gasteiger partial charge >= 0.3 is 0 Å². The minimum atomic E-state index is -4.26. The Bertz CT molecular complexity index is 1020. The van der Waals surface area contributed by atoms with E-state index in [0.29, 0.717) is 10.8 Å². The van der Waals surface area contributed by atoms with Crippen LogP contribution in [0.3, 0.4) is 0 Å². The van der Waals surface area contributed by atoms with E-state index in [2.05, 4.69) is 15.0 Å². The highest BCUT2D eigenvalue weighted by molar-refractivity contribution is 7.92. The third-order valence-electron chi connectivity index (χ3n) is 3.19. The topological polar surface area (TPSA) is 71.1 Å².